The highest BCUT2D eigenvalue weighted by atomic mass is 14.4. The van der Waals surface area contributed by atoms with Crippen molar-refractivity contribution in [3.8, 4) is 33.4 Å². The molecule has 0 heteroatoms. The molecule has 145 heavy (non-hydrogen) atoms. The van der Waals surface area contributed by atoms with E-state index in [2.05, 4.69) is 555 Å². The van der Waals surface area contributed by atoms with Crippen molar-refractivity contribution < 1.29 is 0 Å². The van der Waals surface area contributed by atoms with Crippen molar-refractivity contribution >= 4 is 194 Å². The second kappa shape index (κ2) is 37.0. The summed E-state index contributed by atoms with van der Waals surface area (Å²) in [5.41, 5.74) is 23.2. The van der Waals surface area contributed by atoms with Crippen molar-refractivity contribution in [1.29, 1.82) is 0 Å². The van der Waals surface area contributed by atoms with Crippen LogP contribution in [-0.2, 0) is 10.8 Å². The van der Waals surface area contributed by atoms with Gasteiger partial charge in [-0.1, -0.05) is 528 Å². The summed E-state index contributed by atoms with van der Waals surface area (Å²) in [5.74, 6) is 0. The predicted molar refractivity (Wildman–Crippen MR) is 634 cm³/mol. The van der Waals surface area contributed by atoms with E-state index in [-0.39, 0.29) is 10.8 Å². The fourth-order valence-electron chi connectivity index (χ4n) is 23.7. The van der Waals surface area contributed by atoms with Crippen LogP contribution in [0.3, 0.4) is 0 Å². The van der Waals surface area contributed by atoms with Crippen LogP contribution in [0.15, 0.2) is 479 Å². The lowest BCUT2D eigenvalue weighted by molar-refractivity contribution is 0.661. The zero-order valence-electron chi connectivity index (χ0n) is 84.1. The van der Waals surface area contributed by atoms with Crippen molar-refractivity contribution in [3.05, 3.63) is 540 Å². The summed E-state index contributed by atoms with van der Waals surface area (Å²) >= 11 is 0. The SMILES string of the molecule is Cc1ccc2c3ccccc3c3ccccc3c2c1.Cc1ccc2ccc3c(ccc4c5ccccc5ccc43)c2c1.Cc1ccc2ccc3c4c(ccc3c2c1)-c1ccccc1C4(C)C.Cc1ccc2ccc3c4ccccc4ccc3c2c1.Cc1ccc2ccc3cc4c(cc3c2c1)C(C)(C)c1ccccc1-4.Cc1ccc2ccc3ccccc3c2c1.Cc1cccc(-c2ccc3c(ccc4ccccc43)c2)c1. The van der Waals surface area contributed by atoms with Gasteiger partial charge in [0.1, 0.15) is 0 Å². The first-order valence-corrected chi connectivity index (χ1v) is 51.1. The van der Waals surface area contributed by atoms with E-state index in [1.54, 1.807) is 0 Å². The summed E-state index contributed by atoms with van der Waals surface area (Å²) in [5, 5.41) is 48.1. The summed E-state index contributed by atoms with van der Waals surface area (Å²) in [4.78, 5) is 0. The molecular formula is C145H112. The van der Waals surface area contributed by atoms with Crippen LogP contribution in [-0.4, -0.2) is 0 Å². The molecule has 0 unspecified atom stereocenters. The second-order valence-corrected chi connectivity index (χ2v) is 41.4. The van der Waals surface area contributed by atoms with E-state index in [9.17, 15) is 0 Å². The van der Waals surface area contributed by atoms with Gasteiger partial charge in [-0.05, 0) is 316 Å². The van der Waals surface area contributed by atoms with Crippen molar-refractivity contribution in [3.63, 3.8) is 0 Å². The largest absolute Gasteiger partial charge is 0.0619 e. The Hall–Kier alpha value is -17.2. The Kier molecular flexibility index (Phi) is 23.1. The Morgan fingerprint density at radius 3 is 0.814 bits per heavy atom. The lowest BCUT2D eigenvalue weighted by Crippen LogP contribution is -2.15. The first-order chi connectivity index (χ1) is 70.8. The van der Waals surface area contributed by atoms with E-state index in [0.717, 1.165) is 0 Å². The van der Waals surface area contributed by atoms with Crippen molar-refractivity contribution in [2.75, 3.05) is 0 Å². The minimum absolute atomic E-state index is 0.0446. The molecule has 0 nitrogen and oxygen atoms in total. The fourth-order valence-corrected chi connectivity index (χ4v) is 23.7. The normalized spacial score (nSPS) is 12.5. The van der Waals surface area contributed by atoms with E-state index < -0.39 is 0 Å². The Morgan fingerprint density at radius 2 is 0.359 bits per heavy atom. The van der Waals surface area contributed by atoms with Gasteiger partial charge in [-0.25, -0.2) is 0 Å². The third-order valence-electron chi connectivity index (χ3n) is 31.1. The van der Waals surface area contributed by atoms with Crippen LogP contribution in [0.2, 0.25) is 0 Å². The molecule has 28 aromatic rings. The zero-order chi connectivity index (χ0) is 98.5. The highest BCUT2D eigenvalue weighted by Gasteiger charge is 2.38. The average molecular weight is 1850 g/mol. The Balaban J connectivity index is 0.0000000912. The number of rotatable bonds is 1. The predicted octanol–water partition coefficient (Wildman–Crippen LogP) is 41.0. The van der Waals surface area contributed by atoms with Crippen LogP contribution in [0.25, 0.3) is 227 Å². The maximum atomic E-state index is 2.44. The van der Waals surface area contributed by atoms with Gasteiger partial charge in [0.05, 0.1) is 0 Å². The van der Waals surface area contributed by atoms with Crippen LogP contribution in [0.4, 0.5) is 0 Å². The number of hydrogen-bond acceptors (Lipinski definition) is 0. The Labute approximate surface area is 848 Å². The summed E-state index contributed by atoms with van der Waals surface area (Å²) in [7, 11) is 0. The first kappa shape index (κ1) is 90.4. The molecule has 0 atom stereocenters. The van der Waals surface area contributed by atoms with Crippen LogP contribution < -0.4 is 0 Å². The molecule has 0 aromatic heterocycles. The summed E-state index contributed by atoms with van der Waals surface area (Å²) in [6.45, 7) is 24.5. The molecule has 2 aliphatic rings. The molecule has 692 valence electrons. The molecule has 0 fully saturated rings. The molecule has 0 radical (unpaired) electrons. The van der Waals surface area contributed by atoms with E-state index >= 15 is 0 Å². The molecule has 0 amide bonds. The van der Waals surface area contributed by atoms with Gasteiger partial charge in [0.25, 0.3) is 0 Å². The minimum Gasteiger partial charge on any atom is -0.0619 e. The third kappa shape index (κ3) is 16.5. The average Bonchev–Trinajstić information content (AvgIpc) is 1.61. The standard InChI is InChI=1S/2C24H20.C23H16.C21H16.2C19H14.C15H12/c1-15-8-9-16-10-11-17-13-21-18-6-4-5-7-22(18)24(2,3)23(21)14-20(17)19(16)12-15;1-15-8-9-16-10-11-19-17(21(16)14-15)12-13-20-18-6-4-5-7-22(18)24(2,3)23(19)20;1-15-6-7-17-9-11-21-20-10-8-16-4-2-3-5-18(16)19(20)12-13-22(21)23(17)14-15;1-15-5-4-7-17(13-15)18-11-12-21-19(14-18)10-9-16-6-2-3-8-20(16)21;1-13-10-11-18-16-8-3-2-6-14(16)15-7-4-5-9-17(15)19(18)12-13;1-13-6-7-15-9-10-17-16-5-3-2-4-14(16)8-11-18(17)19(15)12-13;1-11-6-7-13-9-8-12-4-2-3-5-14(12)15(13)10-11/h2*4-14H,1-3H3;2-14H,1H3;2-14H,1H3;2*2-12H,1H3;2-10H,1H3. The van der Waals surface area contributed by atoms with Crippen LogP contribution in [0.5, 0.6) is 0 Å². The Bertz CT molecular complexity index is 10000. The summed E-state index contributed by atoms with van der Waals surface area (Å²) in [6, 6.07) is 175. The molecule has 0 N–H and O–H groups in total. The molecular weight excluding hydrogens is 1740 g/mol. The molecule has 0 bridgehead atoms. The number of benzene rings is 28. The fraction of sp³-hybridized carbons (Fsp3) is 0.0897. The van der Waals surface area contributed by atoms with Gasteiger partial charge in [-0.2, -0.15) is 0 Å². The molecule has 0 spiro atoms. The van der Waals surface area contributed by atoms with Crippen LogP contribution in [0, 0.1) is 48.5 Å². The monoisotopic (exact) mass is 1850 g/mol. The maximum absolute atomic E-state index is 2.44. The van der Waals surface area contributed by atoms with Gasteiger partial charge in [0.2, 0.25) is 0 Å². The quantitative estimate of drug-likeness (QED) is 0.144. The number of aryl methyl sites for hydroxylation is 7. The van der Waals surface area contributed by atoms with E-state index in [1.807, 2.05) is 0 Å². The molecule has 0 aliphatic heterocycles. The van der Waals surface area contributed by atoms with E-state index in [0.29, 0.717) is 0 Å². The van der Waals surface area contributed by atoms with Crippen molar-refractivity contribution in [2.45, 2.75) is 87.0 Å². The number of hydrogen-bond donors (Lipinski definition) is 0. The molecule has 28 aromatic carbocycles. The van der Waals surface area contributed by atoms with Crippen LogP contribution >= 0.6 is 0 Å². The molecule has 0 saturated heterocycles. The lowest BCUT2D eigenvalue weighted by atomic mass is 9.80. The molecule has 0 heterocycles. The van der Waals surface area contributed by atoms with E-state index in [4.69, 9.17) is 0 Å². The van der Waals surface area contributed by atoms with Gasteiger partial charge in [0, 0.05) is 10.8 Å². The molecule has 30 rings (SSSR count). The second-order valence-electron chi connectivity index (χ2n) is 41.4. The van der Waals surface area contributed by atoms with Gasteiger partial charge < -0.3 is 0 Å². The van der Waals surface area contributed by atoms with Gasteiger partial charge in [-0.15, -0.1) is 0 Å². The Morgan fingerprint density at radius 1 is 0.117 bits per heavy atom. The third-order valence-corrected chi connectivity index (χ3v) is 31.1. The smallest absolute Gasteiger partial charge is 0.0165 e. The first-order valence-electron chi connectivity index (χ1n) is 51.1. The summed E-state index contributed by atoms with van der Waals surface area (Å²) < 4.78 is 0. The van der Waals surface area contributed by atoms with Crippen molar-refractivity contribution in [2.24, 2.45) is 0 Å². The highest BCUT2D eigenvalue weighted by molar-refractivity contribution is 6.27. The summed E-state index contributed by atoms with van der Waals surface area (Å²) in [6.07, 6.45) is 0. The zero-order valence-corrected chi connectivity index (χ0v) is 84.1. The number of fused-ring (bicyclic) bond motifs is 37. The van der Waals surface area contributed by atoms with Crippen molar-refractivity contribution in [1.82, 2.24) is 0 Å². The van der Waals surface area contributed by atoms with Gasteiger partial charge in [-0.3, -0.25) is 0 Å². The van der Waals surface area contributed by atoms with Gasteiger partial charge in [0.15, 0.2) is 0 Å². The molecule has 2 aliphatic carbocycles. The van der Waals surface area contributed by atoms with E-state index in [1.165, 1.54) is 288 Å². The molecule has 0 saturated carbocycles. The topological polar surface area (TPSA) is 0 Å². The minimum atomic E-state index is 0.0446. The van der Waals surface area contributed by atoms with Gasteiger partial charge >= 0.3 is 0 Å². The maximum Gasteiger partial charge on any atom is 0.0165 e. The van der Waals surface area contributed by atoms with Crippen LogP contribution in [0.1, 0.15) is 88.9 Å². The highest BCUT2D eigenvalue weighted by Crippen LogP contribution is 2.54. The lowest BCUT2D eigenvalue weighted by Gasteiger charge is -2.23.